The largest absolute Gasteiger partial charge is 0.480 e. The molecule has 3 aromatic rings. The van der Waals surface area contributed by atoms with E-state index in [1.165, 1.54) is 6.07 Å². The fourth-order valence-corrected chi connectivity index (χ4v) is 3.02. The Morgan fingerprint density at radius 3 is 2.44 bits per heavy atom. The molecular formula is C17H12Cl2N2O4. The molecule has 0 saturated heterocycles. The first kappa shape index (κ1) is 17.3. The van der Waals surface area contributed by atoms with E-state index in [0.29, 0.717) is 10.6 Å². The molecule has 0 aliphatic heterocycles. The van der Waals surface area contributed by atoms with E-state index in [9.17, 15) is 14.4 Å². The minimum Gasteiger partial charge on any atom is -0.480 e. The normalized spacial score (nSPS) is 11.0. The molecule has 1 N–H and O–H groups in total. The van der Waals surface area contributed by atoms with Crippen LogP contribution in [0.4, 0.5) is 0 Å². The van der Waals surface area contributed by atoms with Crippen molar-refractivity contribution >= 4 is 40.1 Å². The van der Waals surface area contributed by atoms with Crippen LogP contribution in [0.15, 0.2) is 52.1 Å². The van der Waals surface area contributed by atoms with Crippen molar-refractivity contribution in [1.29, 1.82) is 0 Å². The second kappa shape index (κ2) is 6.74. The van der Waals surface area contributed by atoms with E-state index in [-0.39, 0.29) is 22.5 Å². The number of benzene rings is 2. The Labute approximate surface area is 151 Å². The maximum atomic E-state index is 12.7. The molecule has 0 aliphatic carbocycles. The lowest BCUT2D eigenvalue weighted by molar-refractivity contribution is -0.137. The second-order valence-corrected chi connectivity index (χ2v) is 6.17. The topological polar surface area (TPSA) is 81.3 Å². The zero-order valence-corrected chi connectivity index (χ0v) is 14.3. The predicted molar refractivity (Wildman–Crippen MR) is 95.7 cm³/mol. The standard InChI is InChI=1S/C17H12Cl2N2O4/c18-12-6-3-4-10(15(12)19)8-21-16(24)11-5-1-2-7-13(11)20(17(21)25)9-14(22)23/h1-7H,8-9H2,(H,22,23). The Bertz CT molecular complexity index is 1100. The number of fused-ring (bicyclic) bond motifs is 1. The van der Waals surface area contributed by atoms with Crippen LogP contribution in [0.1, 0.15) is 5.56 Å². The monoisotopic (exact) mass is 378 g/mol. The summed E-state index contributed by atoms with van der Waals surface area (Å²) < 4.78 is 2.01. The highest BCUT2D eigenvalue weighted by Gasteiger charge is 2.16. The zero-order chi connectivity index (χ0) is 18.1. The molecular weight excluding hydrogens is 367 g/mol. The van der Waals surface area contributed by atoms with Crippen molar-refractivity contribution in [1.82, 2.24) is 9.13 Å². The lowest BCUT2D eigenvalue weighted by Crippen LogP contribution is -2.41. The number of halogens is 2. The van der Waals surface area contributed by atoms with Crippen LogP contribution in [0, 0.1) is 0 Å². The van der Waals surface area contributed by atoms with E-state index in [1.54, 1.807) is 36.4 Å². The minimum atomic E-state index is -1.18. The molecule has 0 atom stereocenters. The number of carboxylic acids is 1. The average Bonchev–Trinajstić information content (AvgIpc) is 2.59. The van der Waals surface area contributed by atoms with Gasteiger partial charge >= 0.3 is 11.7 Å². The minimum absolute atomic E-state index is 0.110. The van der Waals surface area contributed by atoms with Gasteiger partial charge in [0.1, 0.15) is 6.54 Å². The summed E-state index contributed by atoms with van der Waals surface area (Å²) in [5.74, 6) is -1.18. The molecule has 8 heteroatoms. The number of carbonyl (C=O) groups is 1. The van der Waals surface area contributed by atoms with E-state index < -0.39 is 23.8 Å². The summed E-state index contributed by atoms with van der Waals surface area (Å²) in [6, 6.07) is 11.3. The second-order valence-electron chi connectivity index (χ2n) is 5.38. The van der Waals surface area contributed by atoms with Gasteiger partial charge in [0, 0.05) is 0 Å². The van der Waals surface area contributed by atoms with E-state index in [4.69, 9.17) is 28.3 Å². The SMILES string of the molecule is O=C(O)Cn1c(=O)n(Cc2cccc(Cl)c2Cl)c(=O)c2ccccc21. The van der Waals surface area contributed by atoms with E-state index in [0.717, 1.165) is 9.13 Å². The molecule has 0 saturated carbocycles. The van der Waals surface area contributed by atoms with Gasteiger partial charge in [-0.25, -0.2) is 4.79 Å². The first-order chi connectivity index (χ1) is 11.9. The summed E-state index contributed by atoms with van der Waals surface area (Å²) >= 11 is 12.1. The number of nitrogens with zero attached hydrogens (tertiary/aromatic N) is 2. The van der Waals surface area contributed by atoms with Gasteiger partial charge in [0.2, 0.25) is 0 Å². The number of hydrogen-bond acceptors (Lipinski definition) is 3. The summed E-state index contributed by atoms with van der Waals surface area (Å²) in [7, 11) is 0. The van der Waals surface area contributed by atoms with E-state index >= 15 is 0 Å². The lowest BCUT2D eigenvalue weighted by atomic mass is 10.2. The van der Waals surface area contributed by atoms with Gasteiger partial charge in [-0.15, -0.1) is 0 Å². The van der Waals surface area contributed by atoms with Gasteiger partial charge in [-0.1, -0.05) is 47.5 Å². The molecule has 2 aromatic carbocycles. The molecule has 1 heterocycles. The zero-order valence-electron chi connectivity index (χ0n) is 12.8. The molecule has 0 bridgehead atoms. The number of carboxylic acid groups (broad SMARTS) is 1. The van der Waals surface area contributed by atoms with Crippen LogP contribution in [0.25, 0.3) is 10.9 Å². The molecule has 0 aliphatic rings. The number of para-hydroxylation sites is 1. The first-order valence-corrected chi connectivity index (χ1v) is 8.03. The molecule has 3 rings (SSSR count). The smallest absolute Gasteiger partial charge is 0.332 e. The van der Waals surface area contributed by atoms with Crippen LogP contribution >= 0.6 is 23.2 Å². The van der Waals surface area contributed by atoms with Gasteiger partial charge in [-0.3, -0.25) is 18.7 Å². The number of hydrogen-bond donors (Lipinski definition) is 1. The van der Waals surface area contributed by atoms with Gasteiger partial charge in [-0.2, -0.15) is 0 Å². The summed E-state index contributed by atoms with van der Waals surface area (Å²) in [6.07, 6.45) is 0. The van der Waals surface area contributed by atoms with Crippen LogP contribution in [0.3, 0.4) is 0 Å². The predicted octanol–water partition coefficient (Wildman–Crippen LogP) is 2.60. The van der Waals surface area contributed by atoms with Crippen molar-refractivity contribution < 1.29 is 9.90 Å². The Kier molecular flexibility index (Phi) is 4.65. The fourth-order valence-electron chi connectivity index (χ4n) is 2.64. The van der Waals surface area contributed by atoms with Gasteiger partial charge < -0.3 is 5.11 Å². The maximum absolute atomic E-state index is 12.7. The molecule has 0 spiro atoms. The fraction of sp³-hybridized carbons (Fsp3) is 0.118. The maximum Gasteiger partial charge on any atom is 0.332 e. The first-order valence-electron chi connectivity index (χ1n) is 7.27. The molecule has 6 nitrogen and oxygen atoms in total. The van der Waals surface area contributed by atoms with Crippen molar-refractivity contribution in [3.05, 3.63) is 78.9 Å². The van der Waals surface area contributed by atoms with E-state index in [2.05, 4.69) is 0 Å². The van der Waals surface area contributed by atoms with Crippen molar-refractivity contribution in [3.8, 4) is 0 Å². The molecule has 128 valence electrons. The van der Waals surface area contributed by atoms with Crippen molar-refractivity contribution in [3.63, 3.8) is 0 Å². The molecule has 1 aromatic heterocycles. The Balaban J connectivity index is 2.28. The van der Waals surface area contributed by atoms with Gasteiger partial charge in [0.05, 0.1) is 27.5 Å². The number of rotatable bonds is 4. The lowest BCUT2D eigenvalue weighted by Gasteiger charge is -2.13. The average molecular weight is 379 g/mol. The van der Waals surface area contributed by atoms with Crippen LogP contribution in [0.2, 0.25) is 10.0 Å². The number of aliphatic carboxylic acids is 1. The Hall–Kier alpha value is -2.57. The highest BCUT2D eigenvalue weighted by molar-refractivity contribution is 6.42. The number of aromatic nitrogens is 2. The molecule has 0 unspecified atom stereocenters. The quantitative estimate of drug-likeness (QED) is 0.756. The third-order valence-electron chi connectivity index (χ3n) is 3.79. The van der Waals surface area contributed by atoms with Crippen molar-refractivity contribution in [2.24, 2.45) is 0 Å². The van der Waals surface area contributed by atoms with Gasteiger partial charge in [0.25, 0.3) is 5.56 Å². The summed E-state index contributed by atoms with van der Waals surface area (Å²) in [6.45, 7) is -0.662. The molecule has 0 fully saturated rings. The van der Waals surface area contributed by atoms with E-state index in [1.807, 2.05) is 0 Å². The highest BCUT2D eigenvalue weighted by Crippen LogP contribution is 2.25. The Morgan fingerprint density at radius 1 is 1.00 bits per heavy atom. The molecule has 0 amide bonds. The molecule has 25 heavy (non-hydrogen) atoms. The van der Waals surface area contributed by atoms with Gasteiger partial charge in [0.15, 0.2) is 0 Å². The van der Waals surface area contributed by atoms with Crippen molar-refractivity contribution in [2.75, 3.05) is 0 Å². The van der Waals surface area contributed by atoms with Gasteiger partial charge in [-0.05, 0) is 23.8 Å². The highest BCUT2D eigenvalue weighted by atomic mass is 35.5. The van der Waals surface area contributed by atoms with Crippen LogP contribution < -0.4 is 11.2 Å². The van der Waals surface area contributed by atoms with Crippen LogP contribution in [-0.2, 0) is 17.9 Å². The van der Waals surface area contributed by atoms with Crippen molar-refractivity contribution in [2.45, 2.75) is 13.1 Å². The summed E-state index contributed by atoms with van der Waals surface area (Å²) in [5.41, 5.74) is -0.473. The summed E-state index contributed by atoms with van der Waals surface area (Å²) in [4.78, 5) is 36.6. The third kappa shape index (κ3) is 3.18. The molecule has 0 radical (unpaired) electrons. The van der Waals surface area contributed by atoms with Crippen LogP contribution in [0.5, 0.6) is 0 Å². The third-order valence-corrected chi connectivity index (χ3v) is 4.64. The summed E-state index contributed by atoms with van der Waals surface area (Å²) in [5, 5.41) is 9.90. The van der Waals surface area contributed by atoms with Crippen LogP contribution in [-0.4, -0.2) is 20.2 Å². The Morgan fingerprint density at radius 2 is 1.72 bits per heavy atom.